The predicted octanol–water partition coefficient (Wildman–Crippen LogP) is 5.90. The average molecular weight is 469 g/mol. The minimum atomic E-state index is -2.22. The molecule has 2 aromatic carbocycles. The van der Waals surface area contributed by atoms with Crippen molar-refractivity contribution in [2.24, 2.45) is 10.8 Å². The van der Waals surface area contributed by atoms with E-state index in [1.165, 1.54) is 5.19 Å². The lowest BCUT2D eigenvalue weighted by Gasteiger charge is -2.25. The van der Waals surface area contributed by atoms with E-state index in [-0.39, 0.29) is 18.0 Å². The van der Waals surface area contributed by atoms with Crippen LogP contribution in [0.1, 0.15) is 72.6 Å². The lowest BCUT2D eigenvalue weighted by molar-refractivity contribution is -0.143. The van der Waals surface area contributed by atoms with Crippen LogP contribution in [0.3, 0.4) is 0 Å². The molecule has 5 nitrogen and oxygen atoms in total. The molecule has 1 aliphatic rings. The highest BCUT2D eigenvalue weighted by Gasteiger charge is 2.46. The third-order valence-corrected chi connectivity index (χ3v) is 10.5. The van der Waals surface area contributed by atoms with Gasteiger partial charge in [0, 0.05) is 0 Å². The zero-order valence-corrected chi connectivity index (χ0v) is 22.1. The molecule has 6 heteroatoms. The standard InChI is InChI=1S/C27H36O5Si/c1-9-33(10-2)22-17-20(31-25(29)27(6,7)8)15-16-21(22)23(32-33)18-11-13-19(14-12-18)30-24(28)26(3,4)5/h11-17,23H,9-10H2,1-8H3/t23-/m1/s1. The van der Waals surface area contributed by atoms with E-state index < -0.39 is 19.1 Å². The Morgan fingerprint density at radius 1 is 0.818 bits per heavy atom. The quantitative estimate of drug-likeness (QED) is 0.310. The van der Waals surface area contributed by atoms with E-state index in [1.54, 1.807) is 0 Å². The molecule has 0 saturated heterocycles. The van der Waals surface area contributed by atoms with E-state index >= 15 is 0 Å². The van der Waals surface area contributed by atoms with Gasteiger partial charge in [0.15, 0.2) is 0 Å². The monoisotopic (exact) mass is 468 g/mol. The Morgan fingerprint density at radius 2 is 1.30 bits per heavy atom. The molecule has 1 aliphatic heterocycles. The number of benzene rings is 2. The minimum Gasteiger partial charge on any atom is -0.426 e. The molecule has 0 radical (unpaired) electrons. The second-order valence-corrected chi connectivity index (χ2v) is 15.0. The molecule has 3 rings (SSSR count). The molecule has 0 saturated carbocycles. The largest absolute Gasteiger partial charge is 0.426 e. The first kappa shape index (κ1) is 25.2. The van der Waals surface area contributed by atoms with Crippen LogP contribution in [-0.2, 0) is 14.0 Å². The summed E-state index contributed by atoms with van der Waals surface area (Å²) in [5, 5.41) is 1.19. The number of esters is 2. The lowest BCUT2D eigenvalue weighted by atomic mass is 9.97. The van der Waals surface area contributed by atoms with Crippen molar-refractivity contribution in [3.8, 4) is 11.5 Å². The first-order valence-corrected chi connectivity index (χ1v) is 14.0. The summed E-state index contributed by atoms with van der Waals surface area (Å²) in [6.45, 7) is 15.4. The number of rotatable bonds is 5. The van der Waals surface area contributed by atoms with E-state index in [0.717, 1.165) is 23.2 Å². The van der Waals surface area contributed by atoms with Crippen LogP contribution in [0.15, 0.2) is 42.5 Å². The van der Waals surface area contributed by atoms with E-state index in [0.29, 0.717) is 11.5 Å². The third-order valence-electron chi connectivity index (χ3n) is 6.11. The summed E-state index contributed by atoms with van der Waals surface area (Å²) in [6, 6.07) is 15.3. The van der Waals surface area contributed by atoms with E-state index in [1.807, 2.05) is 84.0 Å². The van der Waals surface area contributed by atoms with Gasteiger partial charge in [-0.3, -0.25) is 9.59 Å². The van der Waals surface area contributed by atoms with Gasteiger partial charge in [0.1, 0.15) is 11.5 Å². The van der Waals surface area contributed by atoms with Gasteiger partial charge < -0.3 is 13.9 Å². The number of hydrogen-bond acceptors (Lipinski definition) is 5. The fourth-order valence-electron chi connectivity index (χ4n) is 3.85. The molecule has 0 aliphatic carbocycles. The van der Waals surface area contributed by atoms with Crippen LogP contribution in [-0.4, -0.2) is 20.3 Å². The fourth-order valence-corrected chi connectivity index (χ4v) is 7.43. The second-order valence-electron chi connectivity index (χ2n) is 10.8. The topological polar surface area (TPSA) is 61.8 Å². The van der Waals surface area contributed by atoms with Gasteiger partial charge in [-0.2, -0.15) is 0 Å². The highest BCUT2D eigenvalue weighted by atomic mass is 28.4. The number of carbonyl (C=O) groups excluding carboxylic acids is 2. The minimum absolute atomic E-state index is 0.189. The molecule has 0 unspecified atom stereocenters. The van der Waals surface area contributed by atoms with Crippen molar-refractivity contribution in [2.75, 3.05) is 0 Å². The van der Waals surface area contributed by atoms with Gasteiger partial charge >= 0.3 is 11.9 Å². The average Bonchev–Trinajstić information content (AvgIpc) is 3.07. The van der Waals surface area contributed by atoms with Crippen molar-refractivity contribution >= 4 is 25.4 Å². The van der Waals surface area contributed by atoms with Crippen LogP contribution in [0.4, 0.5) is 0 Å². The van der Waals surface area contributed by atoms with Gasteiger partial charge in [-0.15, -0.1) is 0 Å². The molecule has 0 fully saturated rings. The van der Waals surface area contributed by atoms with Gasteiger partial charge in [-0.1, -0.05) is 32.0 Å². The molecule has 0 bridgehead atoms. The summed E-state index contributed by atoms with van der Waals surface area (Å²) in [6.07, 6.45) is -0.189. The Labute approximate surface area is 198 Å². The molecule has 0 amide bonds. The Morgan fingerprint density at radius 3 is 1.79 bits per heavy atom. The number of fused-ring (bicyclic) bond motifs is 1. The Hall–Kier alpha value is -2.44. The van der Waals surface area contributed by atoms with Crippen LogP contribution < -0.4 is 14.7 Å². The fraction of sp³-hybridized carbons (Fsp3) is 0.481. The summed E-state index contributed by atoms with van der Waals surface area (Å²) in [7, 11) is -2.22. The van der Waals surface area contributed by atoms with Crippen LogP contribution >= 0.6 is 0 Å². The molecule has 178 valence electrons. The maximum Gasteiger partial charge on any atom is 0.316 e. The van der Waals surface area contributed by atoms with Gasteiger partial charge in [-0.05, 0) is 94.2 Å². The number of carbonyl (C=O) groups is 2. The zero-order valence-electron chi connectivity index (χ0n) is 21.1. The van der Waals surface area contributed by atoms with Gasteiger partial charge in [0.25, 0.3) is 0 Å². The number of ether oxygens (including phenoxy) is 2. The summed E-state index contributed by atoms with van der Waals surface area (Å²) in [5.74, 6) is 0.578. The van der Waals surface area contributed by atoms with Gasteiger partial charge in [-0.25, -0.2) is 0 Å². The second kappa shape index (κ2) is 9.07. The molecule has 33 heavy (non-hydrogen) atoms. The highest BCUT2D eigenvalue weighted by Crippen LogP contribution is 2.40. The Kier molecular flexibility index (Phi) is 6.92. The maximum absolute atomic E-state index is 12.4. The highest BCUT2D eigenvalue weighted by molar-refractivity contribution is 6.87. The van der Waals surface area contributed by atoms with Gasteiger partial charge in [0.05, 0.1) is 16.9 Å². The zero-order chi connectivity index (χ0) is 24.6. The Bertz CT molecular complexity index is 1020. The summed E-state index contributed by atoms with van der Waals surface area (Å²) < 4.78 is 18.0. The summed E-state index contributed by atoms with van der Waals surface area (Å²) in [5.41, 5.74) is 1.01. The van der Waals surface area contributed by atoms with Crippen molar-refractivity contribution in [3.05, 3.63) is 53.6 Å². The van der Waals surface area contributed by atoms with E-state index in [9.17, 15) is 9.59 Å². The lowest BCUT2D eigenvalue weighted by Crippen LogP contribution is -2.45. The van der Waals surface area contributed by atoms with Gasteiger partial charge in [0.2, 0.25) is 8.32 Å². The molecule has 0 spiro atoms. The molecule has 1 atom stereocenters. The molecular formula is C27H36O5Si. The van der Waals surface area contributed by atoms with Crippen molar-refractivity contribution in [3.63, 3.8) is 0 Å². The molecule has 0 aromatic heterocycles. The normalized spacial score (nSPS) is 17.4. The van der Waals surface area contributed by atoms with Crippen molar-refractivity contribution in [1.82, 2.24) is 0 Å². The maximum atomic E-state index is 12.4. The first-order chi connectivity index (χ1) is 15.3. The van der Waals surface area contributed by atoms with Crippen LogP contribution in [0.5, 0.6) is 11.5 Å². The van der Waals surface area contributed by atoms with Crippen molar-refractivity contribution < 1.29 is 23.5 Å². The van der Waals surface area contributed by atoms with Crippen LogP contribution in [0, 0.1) is 10.8 Å². The molecule has 0 N–H and O–H groups in total. The van der Waals surface area contributed by atoms with Crippen molar-refractivity contribution in [2.45, 2.75) is 73.6 Å². The smallest absolute Gasteiger partial charge is 0.316 e. The molecule has 2 aromatic rings. The Balaban J connectivity index is 1.92. The third kappa shape index (κ3) is 5.22. The van der Waals surface area contributed by atoms with Crippen LogP contribution in [0.2, 0.25) is 12.1 Å². The first-order valence-electron chi connectivity index (χ1n) is 11.7. The van der Waals surface area contributed by atoms with Crippen LogP contribution in [0.25, 0.3) is 0 Å². The van der Waals surface area contributed by atoms with Crippen molar-refractivity contribution in [1.29, 1.82) is 0 Å². The predicted molar refractivity (Wildman–Crippen MR) is 132 cm³/mol. The van der Waals surface area contributed by atoms with E-state index in [4.69, 9.17) is 13.9 Å². The number of hydrogen-bond donors (Lipinski definition) is 0. The SMILES string of the molecule is CC[Si]1(CC)O[C@H](c2ccc(OC(=O)C(C)(C)C)cc2)c2ccc(OC(=O)C(C)(C)C)cc21. The molecular weight excluding hydrogens is 432 g/mol. The summed E-state index contributed by atoms with van der Waals surface area (Å²) in [4.78, 5) is 24.6. The molecule has 1 heterocycles. The van der Waals surface area contributed by atoms with E-state index in [2.05, 4.69) is 13.8 Å². The summed E-state index contributed by atoms with van der Waals surface area (Å²) >= 11 is 0.